The number of aryl methyl sites for hydroxylation is 1. The highest BCUT2D eigenvalue weighted by molar-refractivity contribution is 7.99. The standard InChI is InChI=1S/C22H27FN2O3S2/c1-17-6-10-19(11-7-17)25(30(27,28)21-12-8-18(23)9-13-21)16-22(26)24-14-15-29-20-4-2-3-5-20/h6-13,20H,2-5,14-16H2,1H3,(H,24,26). The highest BCUT2D eigenvalue weighted by Crippen LogP contribution is 2.29. The van der Waals surface area contributed by atoms with Gasteiger partial charge >= 0.3 is 0 Å². The predicted molar refractivity (Wildman–Crippen MR) is 120 cm³/mol. The van der Waals surface area contributed by atoms with Gasteiger partial charge in [0, 0.05) is 17.5 Å². The van der Waals surface area contributed by atoms with E-state index in [4.69, 9.17) is 0 Å². The molecule has 1 N–H and O–H groups in total. The van der Waals surface area contributed by atoms with Crippen LogP contribution in [0.5, 0.6) is 0 Å². The van der Waals surface area contributed by atoms with E-state index in [1.54, 1.807) is 24.3 Å². The molecule has 1 fully saturated rings. The van der Waals surface area contributed by atoms with E-state index >= 15 is 0 Å². The summed E-state index contributed by atoms with van der Waals surface area (Å²) in [6.45, 7) is 2.06. The molecule has 8 heteroatoms. The number of hydrogen-bond acceptors (Lipinski definition) is 4. The van der Waals surface area contributed by atoms with Gasteiger partial charge in [-0.3, -0.25) is 9.10 Å². The molecule has 0 atom stereocenters. The van der Waals surface area contributed by atoms with E-state index in [0.717, 1.165) is 27.8 Å². The fourth-order valence-electron chi connectivity index (χ4n) is 3.42. The van der Waals surface area contributed by atoms with Gasteiger partial charge in [0.25, 0.3) is 10.0 Å². The maximum Gasteiger partial charge on any atom is 0.264 e. The topological polar surface area (TPSA) is 66.5 Å². The Morgan fingerprint density at radius 2 is 1.73 bits per heavy atom. The van der Waals surface area contributed by atoms with Crippen molar-refractivity contribution >= 4 is 33.4 Å². The number of halogens is 1. The highest BCUT2D eigenvalue weighted by Gasteiger charge is 2.27. The zero-order chi connectivity index (χ0) is 21.6. The van der Waals surface area contributed by atoms with Crippen LogP contribution in [0.2, 0.25) is 0 Å². The summed E-state index contributed by atoms with van der Waals surface area (Å²) in [5, 5.41) is 3.50. The monoisotopic (exact) mass is 450 g/mol. The molecule has 2 aromatic carbocycles. The van der Waals surface area contributed by atoms with Crippen LogP contribution < -0.4 is 9.62 Å². The number of carbonyl (C=O) groups excluding carboxylic acids is 1. The summed E-state index contributed by atoms with van der Waals surface area (Å²) in [5.74, 6) is -0.0762. The Hall–Kier alpha value is -2.06. The molecule has 2 aromatic rings. The summed E-state index contributed by atoms with van der Waals surface area (Å²) in [6.07, 6.45) is 5.01. The third-order valence-electron chi connectivity index (χ3n) is 5.09. The number of nitrogens with zero attached hydrogens (tertiary/aromatic N) is 1. The second-order valence-corrected chi connectivity index (χ2v) is 10.7. The summed E-state index contributed by atoms with van der Waals surface area (Å²) < 4.78 is 40.7. The molecular weight excluding hydrogens is 423 g/mol. The van der Waals surface area contributed by atoms with E-state index in [1.165, 1.54) is 37.8 Å². The number of hydrogen-bond donors (Lipinski definition) is 1. The lowest BCUT2D eigenvalue weighted by Gasteiger charge is -2.24. The van der Waals surface area contributed by atoms with Crippen LogP contribution in [-0.2, 0) is 14.8 Å². The first kappa shape index (κ1) is 22.6. The number of amides is 1. The van der Waals surface area contributed by atoms with Crippen molar-refractivity contribution < 1.29 is 17.6 Å². The fraction of sp³-hybridized carbons (Fsp3) is 0.409. The predicted octanol–water partition coefficient (Wildman–Crippen LogP) is 4.12. The van der Waals surface area contributed by atoms with Gasteiger partial charge in [-0.05, 0) is 56.2 Å². The maximum absolute atomic E-state index is 13.3. The molecule has 0 aromatic heterocycles. The molecule has 0 saturated heterocycles. The second-order valence-electron chi connectivity index (χ2n) is 7.43. The van der Waals surface area contributed by atoms with Crippen LogP contribution in [0.3, 0.4) is 0 Å². The largest absolute Gasteiger partial charge is 0.354 e. The number of nitrogens with one attached hydrogen (secondary N) is 1. The Balaban J connectivity index is 1.70. The quantitative estimate of drug-likeness (QED) is 0.584. The number of rotatable bonds is 9. The van der Waals surface area contributed by atoms with Crippen molar-refractivity contribution in [3.63, 3.8) is 0 Å². The Labute approximate surface area is 182 Å². The van der Waals surface area contributed by atoms with Crippen molar-refractivity contribution in [2.75, 3.05) is 23.1 Å². The average Bonchev–Trinajstić information content (AvgIpc) is 3.24. The van der Waals surface area contributed by atoms with E-state index in [9.17, 15) is 17.6 Å². The lowest BCUT2D eigenvalue weighted by molar-refractivity contribution is -0.119. The van der Waals surface area contributed by atoms with Crippen LogP contribution >= 0.6 is 11.8 Å². The molecule has 1 amide bonds. The van der Waals surface area contributed by atoms with Crippen LogP contribution in [0, 0.1) is 12.7 Å². The van der Waals surface area contributed by atoms with Gasteiger partial charge < -0.3 is 5.32 Å². The van der Waals surface area contributed by atoms with Gasteiger partial charge in [0.2, 0.25) is 5.91 Å². The van der Waals surface area contributed by atoms with Gasteiger partial charge in [-0.25, -0.2) is 12.8 Å². The fourth-order valence-corrected chi connectivity index (χ4v) is 6.06. The van der Waals surface area contributed by atoms with Gasteiger partial charge in [0.15, 0.2) is 0 Å². The normalized spacial score (nSPS) is 14.6. The molecule has 1 aliphatic rings. The van der Waals surface area contributed by atoms with Crippen molar-refractivity contribution in [3.8, 4) is 0 Å². The Bertz CT molecular complexity index is 941. The van der Waals surface area contributed by atoms with E-state index in [2.05, 4.69) is 5.32 Å². The Kier molecular flexibility index (Phi) is 7.77. The minimum atomic E-state index is -4.02. The first-order valence-electron chi connectivity index (χ1n) is 10.1. The minimum absolute atomic E-state index is 0.0611. The average molecular weight is 451 g/mol. The molecule has 0 bridgehead atoms. The van der Waals surface area contributed by atoms with E-state index < -0.39 is 15.8 Å². The highest BCUT2D eigenvalue weighted by atomic mass is 32.2. The number of anilines is 1. The molecule has 3 rings (SSSR count). The maximum atomic E-state index is 13.3. The summed E-state index contributed by atoms with van der Waals surface area (Å²) in [6, 6.07) is 11.5. The Morgan fingerprint density at radius 1 is 1.10 bits per heavy atom. The number of carbonyl (C=O) groups is 1. The summed E-state index contributed by atoms with van der Waals surface area (Å²) in [5.41, 5.74) is 1.37. The van der Waals surface area contributed by atoms with Crippen molar-refractivity contribution in [2.45, 2.75) is 42.8 Å². The molecule has 5 nitrogen and oxygen atoms in total. The number of thioether (sulfide) groups is 1. The molecule has 0 unspecified atom stereocenters. The van der Waals surface area contributed by atoms with Crippen molar-refractivity contribution in [2.24, 2.45) is 0 Å². The molecule has 162 valence electrons. The van der Waals surface area contributed by atoms with Crippen molar-refractivity contribution in [1.82, 2.24) is 5.32 Å². The lowest BCUT2D eigenvalue weighted by Crippen LogP contribution is -2.41. The third kappa shape index (κ3) is 5.98. The summed E-state index contributed by atoms with van der Waals surface area (Å²) in [7, 11) is -4.02. The minimum Gasteiger partial charge on any atom is -0.354 e. The van der Waals surface area contributed by atoms with Gasteiger partial charge in [-0.15, -0.1) is 0 Å². The molecule has 1 saturated carbocycles. The molecule has 0 spiro atoms. The van der Waals surface area contributed by atoms with Gasteiger partial charge in [-0.2, -0.15) is 11.8 Å². The number of sulfonamides is 1. The van der Waals surface area contributed by atoms with Crippen LogP contribution in [0.15, 0.2) is 53.4 Å². The SMILES string of the molecule is Cc1ccc(N(CC(=O)NCCSC2CCCC2)S(=O)(=O)c2ccc(F)cc2)cc1. The molecule has 30 heavy (non-hydrogen) atoms. The van der Waals surface area contributed by atoms with Crippen molar-refractivity contribution in [1.29, 1.82) is 0 Å². The molecular formula is C22H27FN2O3S2. The molecule has 0 radical (unpaired) electrons. The molecule has 1 aliphatic carbocycles. The van der Waals surface area contributed by atoms with E-state index in [1.807, 2.05) is 18.7 Å². The second kappa shape index (κ2) is 10.3. The van der Waals surface area contributed by atoms with Gasteiger partial charge in [0.1, 0.15) is 12.4 Å². The van der Waals surface area contributed by atoms with Gasteiger partial charge in [-0.1, -0.05) is 30.5 Å². The van der Waals surface area contributed by atoms with Gasteiger partial charge in [0.05, 0.1) is 10.6 Å². The zero-order valence-corrected chi connectivity index (χ0v) is 18.6. The number of benzene rings is 2. The lowest BCUT2D eigenvalue weighted by atomic mass is 10.2. The van der Waals surface area contributed by atoms with Crippen LogP contribution in [0.25, 0.3) is 0 Å². The van der Waals surface area contributed by atoms with Crippen LogP contribution in [-0.4, -0.2) is 38.4 Å². The van der Waals surface area contributed by atoms with E-state index in [0.29, 0.717) is 17.5 Å². The van der Waals surface area contributed by atoms with Crippen molar-refractivity contribution in [3.05, 3.63) is 59.9 Å². The summed E-state index contributed by atoms with van der Waals surface area (Å²) in [4.78, 5) is 12.5. The molecule has 0 aliphatic heterocycles. The van der Waals surface area contributed by atoms with Crippen LogP contribution in [0.1, 0.15) is 31.2 Å². The first-order chi connectivity index (χ1) is 14.4. The van der Waals surface area contributed by atoms with E-state index in [-0.39, 0.29) is 17.3 Å². The van der Waals surface area contributed by atoms with Crippen LogP contribution in [0.4, 0.5) is 10.1 Å². The Morgan fingerprint density at radius 3 is 2.37 bits per heavy atom. The zero-order valence-electron chi connectivity index (χ0n) is 17.0. The summed E-state index contributed by atoms with van der Waals surface area (Å²) >= 11 is 1.86. The first-order valence-corrected chi connectivity index (χ1v) is 12.6. The molecule has 0 heterocycles. The third-order valence-corrected chi connectivity index (χ3v) is 8.26. The smallest absolute Gasteiger partial charge is 0.264 e.